The predicted octanol–water partition coefficient (Wildman–Crippen LogP) is 9.00. The highest BCUT2D eigenvalue weighted by Crippen LogP contribution is 2.41. The van der Waals surface area contributed by atoms with Crippen LogP contribution in [0.5, 0.6) is 5.75 Å². The average Bonchev–Trinajstić information content (AvgIpc) is 2.92. The van der Waals surface area contributed by atoms with E-state index < -0.39 is 5.41 Å². The van der Waals surface area contributed by atoms with Gasteiger partial charge in [0, 0.05) is 0 Å². The molecule has 0 amide bonds. The van der Waals surface area contributed by atoms with Crippen LogP contribution < -0.4 is 4.74 Å². The minimum atomic E-state index is -0.621. The molecule has 0 bridgehead atoms. The van der Waals surface area contributed by atoms with Gasteiger partial charge in [-0.05, 0) is 67.3 Å². The lowest BCUT2D eigenvalue weighted by atomic mass is 9.69. The van der Waals surface area contributed by atoms with Gasteiger partial charge in [0.1, 0.15) is 11.8 Å². The van der Waals surface area contributed by atoms with Crippen molar-refractivity contribution >= 4 is 5.97 Å². The minimum Gasteiger partial charge on any atom is -0.424 e. The summed E-state index contributed by atoms with van der Waals surface area (Å²) >= 11 is 0. The van der Waals surface area contributed by atoms with Crippen molar-refractivity contribution in [1.82, 2.24) is 0 Å². The van der Waals surface area contributed by atoms with Gasteiger partial charge in [-0.2, -0.15) is 5.26 Å². The number of carbonyl (C=O) groups is 1. The Morgan fingerprint density at radius 3 is 2.08 bits per heavy atom. The summed E-state index contributed by atoms with van der Waals surface area (Å²) in [7, 11) is 0. The maximum atomic E-state index is 13.7. The summed E-state index contributed by atoms with van der Waals surface area (Å²) in [5.74, 6) is 0.191. The molecule has 2 aromatic rings. The van der Waals surface area contributed by atoms with E-state index in [9.17, 15) is 10.1 Å². The van der Waals surface area contributed by atoms with Crippen molar-refractivity contribution in [2.24, 2.45) is 0 Å². The first-order valence-electron chi connectivity index (χ1n) is 14.5. The largest absolute Gasteiger partial charge is 0.424 e. The van der Waals surface area contributed by atoms with E-state index in [4.69, 9.17) is 4.74 Å². The molecule has 1 aliphatic rings. The number of hydrogen-bond acceptors (Lipinski definition) is 3. The zero-order valence-corrected chi connectivity index (χ0v) is 22.6. The number of unbranched alkanes of at least 4 members (excludes halogenated alkanes) is 7. The third kappa shape index (κ3) is 7.70. The van der Waals surface area contributed by atoms with Crippen molar-refractivity contribution in [1.29, 1.82) is 5.26 Å². The second-order valence-corrected chi connectivity index (χ2v) is 10.6. The highest BCUT2D eigenvalue weighted by Gasteiger charge is 2.43. The van der Waals surface area contributed by atoms with Crippen molar-refractivity contribution in [3.8, 4) is 11.8 Å². The molecule has 0 unspecified atom stereocenters. The average molecular weight is 488 g/mol. The monoisotopic (exact) mass is 487 g/mol. The van der Waals surface area contributed by atoms with Gasteiger partial charge in [-0.1, -0.05) is 108 Å². The van der Waals surface area contributed by atoms with Crippen LogP contribution in [-0.2, 0) is 23.1 Å². The Kier molecular flexibility index (Phi) is 11.5. The lowest BCUT2D eigenvalue weighted by Gasteiger charge is -2.35. The van der Waals surface area contributed by atoms with E-state index in [0.717, 1.165) is 62.5 Å². The van der Waals surface area contributed by atoms with E-state index >= 15 is 0 Å². The molecule has 0 spiro atoms. The van der Waals surface area contributed by atoms with Crippen LogP contribution in [0.3, 0.4) is 0 Å². The molecule has 3 rings (SSSR count). The van der Waals surface area contributed by atoms with E-state index in [-0.39, 0.29) is 5.97 Å². The van der Waals surface area contributed by atoms with E-state index in [1.807, 2.05) is 18.2 Å². The molecule has 1 aliphatic carbocycles. The highest BCUT2D eigenvalue weighted by atomic mass is 16.5. The topological polar surface area (TPSA) is 50.1 Å². The molecule has 0 saturated heterocycles. The minimum absolute atomic E-state index is 0.207. The van der Waals surface area contributed by atoms with Crippen LogP contribution in [0.15, 0.2) is 42.5 Å². The fraction of sp³-hybridized carbons (Fsp3) is 0.576. The number of esters is 1. The zero-order valence-electron chi connectivity index (χ0n) is 22.6. The standard InChI is InChI=1S/C33H45NO2/c1-3-5-7-8-9-12-16-28-19-22-31(29(25-28)26-34)36-32(35)33(23-13-10-14-24-33)30-20-17-27(18-21-30)15-11-6-4-2/h17-22,25H,3-16,23-24H2,1-2H3. The van der Waals surface area contributed by atoms with Crippen LogP contribution in [-0.4, -0.2) is 5.97 Å². The summed E-state index contributed by atoms with van der Waals surface area (Å²) in [6, 6.07) is 16.7. The normalized spacial score (nSPS) is 14.8. The summed E-state index contributed by atoms with van der Waals surface area (Å²) < 4.78 is 6.01. The second-order valence-electron chi connectivity index (χ2n) is 10.6. The van der Waals surface area contributed by atoms with Crippen molar-refractivity contribution in [2.75, 3.05) is 0 Å². The van der Waals surface area contributed by atoms with Crippen LogP contribution in [0, 0.1) is 11.3 Å². The summed E-state index contributed by atoms with van der Waals surface area (Å²) in [5, 5.41) is 9.79. The molecular formula is C33H45NO2. The molecule has 1 fully saturated rings. The lowest BCUT2D eigenvalue weighted by molar-refractivity contribution is -0.142. The van der Waals surface area contributed by atoms with Crippen molar-refractivity contribution < 1.29 is 9.53 Å². The number of carbonyl (C=O) groups excluding carboxylic acids is 1. The van der Waals surface area contributed by atoms with Gasteiger partial charge in [-0.25, -0.2) is 0 Å². The Hall–Kier alpha value is -2.60. The van der Waals surface area contributed by atoms with Crippen LogP contribution in [0.25, 0.3) is 0 Å². The summed E-state index contributed by atoms with van der Waals surface area (Å²) in [6.45, 7) is 4.46. The van der Waals surface area contributed by atoms with Gasteiger partial charge in [0.2, 0.25) is 0 Å². The van der Waals surface area contributed by atoms with Crippen molar-refractivity contribution in [2.45, 2.75) is 122 Å². The molecule has 1 saturated carbocycles. The quantitative estimate of drug-likeness (QED) is 0.152. The Morgan fingerprint density at radius 1 is 0.806 bits per heavy atom. The number of nitrogens with zero attached hydrogens (tertiary/aromatic N) is 1. The number of benzene rings is 2. The van der Waals surface area contributed by atoms with E-state index in [1.165, 1.54) is 56.9 Å². The van der Waals surface area contributed by atoms with Gasteiger partial charge in [-0.15, -0.1) is 0 Å². The maximum Gasteiger partial charge on any atom is 0.321 e. The number of nitriles is 1. The Bertz CT molecular complexity index is 980. The molecule has 2 aromatic carbocycles. The molecule has 36 heavy (non-hydrogen) atoms. The van der Waals surface area contributed by atoms with Gasteiger partial charge in [0.25, 0.3) is 0 Å². The van der Waals surface area contributed by atoms with Crippen LogP contribution in [0.2, 0.25) is 0 Å². The lowest BCUT2D eigenvalue weighted by Crippen LogP contribution is -2.41. The third-order valence-electron chi connectivity index (χ3n) is 7.86. The maximum absolute atomic E-state index is 13.7. The number of rotatable bonds is 14. The van der Waals surface area contributed by atoms with Crippen molar-refractivity contribution in [3.63, 3.8) is 0 Å². The first-order chi connectivity index (χ1) is 17.6. The third-order valence-corrected chi connectivity index (χ3v) is 7.86. The highest BCUT2D eigenvalue weighted by molar-refractivity contribution is 5.85. The number of hydrogen-bond donors (Lipinski definition) is 0. The van der Waals surface area contributed by atoms with Gasteiger partial charge in [0.05, 0.1) is 11.0 Å². The number of aryl methyl sites for hydroxylation is 2. The Morgan fingerprint density at radius 2 is 1.39 bits per heavy atom. The van der Waals surface area contributed by atoms with E-state index in [1.54, 1.807) is 0 Å². The van der Waals surface area contributed by atoms with Crippen LogP contribution >= 0.6 is 0 Å². The van der Waals surface area contributed by atoms with E-state index in [0.29, 0.717) is 11.3 Å². The summed E-state index contributed by atoms with van der Waals surface area (Å²) in [5.41, 5.74) is 3.38. The first kappa shape index (κ1) is 28.0. The van der Waals surface area contributed by atoms with Crippen LogP contribution in [0.4, 0.5) is 0 Å². The first-order valence-corrected chi connectivity index (χ1v) is 14.5. The SMILES string of the molecule is CCCCCCCCc1ccc(OC(=O)C2(c3ccc(CCCCC)cc3)CCCCC2)c(C#N)c1. The summed E-state index contributed by atoms with van der Waals surface area (Å²) in [6.07, 6.45) is 18.0. The van der Waals surface area contributed by atoms with Gasteiger partial charge in [0.15, 0.2) is 0 Å². The smallest absolute Gasteiger partial charge is 0.321 e. The Labute approximate surface area is 219 Å². The molecule has 3 nitrogen and oxygen atoms in total. The number of ether oxygens (including phenoxy) is 1. The molecule has 0 heterocycles. The fourth-order valence-electron chi connectivity index (χ4n) is 5.55. The molecular weight excluding hydrogens is 442 g/mol. The van der Waals surface area contributed by atoms with Crippen LogP contribution in [0.1, 0.15) is 126 Å². The van der Waals surface area contributed by atoms with Gasteiger partial charge < -0.3 is 4.74 Å². The second kappa shape index (κ2) is 14.8. The molecule has 0 atom stereocenters. The van der Waals surface area contributed by atoms with Gasteiger partial charge >= 0.3 is 5.97 Å². The fourth-order valence-corrected chi connectivity index (χ4v) is 5.55. The molecule has 0 radical (unpaired) electrons. The Balaban J connectivity index is 1.69. The molecule has 194 valence electrons. The van der Waals surface area contributed by atoms with Crippen molar-refractivity contribution in [3.05, 3.63) is 64.7 Å². The van der Waals surface area contributed by atoms with E-state index in [2.05, 4.69) is 44.2 Å². The molecule has 0 aliphatic heterocycles. The molecule has 0 N–H and O–H groups in total. The molecule has 0 aromatic heterocycles. The predicted molar refractivity (Wildman–Crippen MR) is 148 cm³/mol. The summed E-state index contributed by atoms with van der Waals surface area (Å²) in [4.78, 5) is 13.7. The zero-order chi connectivity index (χ0) is 25.6. The van der Waals surface area contributed by atoms with Gasteiger partial charge in [-0.3, -0.25) is 4.79 Å². The molecule has 3 heteroatoms.